The van der Waals surface area contributed by atoms with Crippen LogP contribution in [0.15, 0.2) is 33.5 Å². The van der Waals surface area contributed by atoms with Gasteiger partial charge in [0.15, 0.2) is 6.61 Å². The van der Waals surface area contributed by atoms with Crippen LogP contribution in [0.2, 0.25) is 0 Å². The fourth-order valence-corrected chi connectivity index (χ4v) is 3.06. The Balaban J connectivity index is 1.65. The second kappa shape index (κ2) is 5.56. The molecule has 0 bridgehead atoms. The molecule has 0 unspecified atom stereocenters. The van der Waals surface area contributed by atoms with Crippen molar-refractivity contribution >= 4 is 28.6 Å². The van der Waals surface area contributed by atoms with E-state index in [0.717, 1.165) is 10.4 Å². The average molecular weight is 306 g/mol. The molecule has 3 aromatic heterocycles. The van der Waals surface area contributed by atoms with Gasteiger partial charge in [0.1, 0.15) is 4.88 Å². The van der Waals surface area contributed by atoms with E-state index in [1.54, 1.807) is 0 Å². The Labute approximate surface area is 122 Å². The third kappa shape index (κ3) is 2.63. The smallest absolute Gasteiger partial charge is 0.349 e. The van der Waals surface area contributed by atoms with Crippen LogP contribution in [0.25, 0.3) is 10.7 Å². The molecule has 102 valence electrons. The van der Waals surface area contributed by atoms with Crippen LogP contribution in [-0.2, 0) is 11.3 Å². The van der Waals surface area contributed by atoms with Gasteiger partial charge in [0.2, 0.25) is 5.82 Å². The van der Waals surface area contributed by atoms with Crippen molar-refractivity contribution < 1.29 is 14.1 Å². The van der Waals surface area contributed by atoms with E-state index in [1.165, 1.54) is 22.7 Å². The lowest BCUT2D eigenvalue weighted by atomic mass is 10.3. The Bertz CT molecular complexity index is 716. The molecule has 0 spiro atoms. The van der Waals surface area contributed by atoms with Gasteiger partial charge in [0.25, 0.3) is 5.89 Å². The summed E-state index contributed by atoms with van der Waals surface area (Å²) in [6.45, 7) is 1.85. The lowest BCUT2D eigenvalue weighted by Gasteiger charge is -2.00. The summed E-state index contributed by atoms with van der Waals surface area (Å²) >= 11 is 2.88. The van der Waals surface area contributed by atoms with Gasteiger partial charge >= 0.3 is 5.97 Å². The first-order valence-corrected chi connectivity index (χ1v) is 7.57. The predicted molar refractivity (Wildman–Crippen MR) is 75.8 cm³/mol. The minimum atomic E-state index is -0.367. The molecule has 0 aliphatic rings. The molecule has 7 heteroatoms. The summed E-state index contributed by atoms with van der Waals surface area (Å²) in [6, 6.07) is 5.69. The number of rotatable bonds is 4. The summed E-state index contributed by atoms with van der Waals surface area (Å²) in [5, 5.41) is 7.64. The summed E-state index contributed by atoms with van der Waals surface area (Å²) < 4.78 is 10.2. The standard InChI is InChI=1S/C13H10N2O3S2/c1-8-4-6-20-11(8)13(16)17-7-10-14-12(15-18-10)9-3-2-5-19-9/h2-6H,7H2,1H3. The first kappa shape index (κ1) is 13.0. The second-order valence-electron chi connectivity index (χ2n) is 4.00. The highest BCUT2D eigenvalue weighted by atomic mass is 32.1. The molecule has 3 rings (SSSR count). The van der Waals surface area contributed by atoms with Crippen LogP contribution in [0.1, 0.15) is 21.1 Å². The number of aryl methyl sites for hydroxylation is 1. The fraction of sp³-hybridized carbons (Fsp3) is 0.154. The van der Waals surface area contributed by atoms with E-state index in [-0.39, 0.29) is 18.5 Å². The van der Waals surface area contributed by atoms with Crippen molar-refractivity contribution in [1.29, 1.82) is 0 Å². The first-order chi connectivity index (χ1) is 9.74. The molecule has 0 amide bonds. The minimum Gasteiger partial charge on any atom is -0.451 e. The molecular weight excluding hydrogens is 296 g/mol. The van der Waals surface area contributed by atoms with Gasteiger partial charge in [-0.3, -0.25) is 0 Å². The van der Waals surface area contributed by atoms with Crippen LogP contribution in [-0.4, -0.2) is 16.1 Å². The van der Waals surface area contributed by atoms with E-state index < -0.39 is 0 Å². The molecule has 0 atom stereocenters. The highest BCUT2D eigenvalue weighted by Crippen LogP contribution is 2.22. The third-order valence-electron chi connectivity index (χ3n) is 2.58. The van der Waals surface area contributed by atoms with Gasteiger partial charge in [0.05, 0.1) is 4.88 Å². The Morgan fingerprint density at radius 1 is 1.35 bits per heavy atom. The largest absolute Gasteiger partial charge is 0.451 e. The fourth-order valence-electron chi connectivity index (χ4n) is 1.59. The molecule has 0 saturated heterocycles. The molecule has 0 radical (unpaired) electrons. The molecule has 5 nitrogen and oxygen atoms in total. The summed E-state index contributed by atoms with van der Waals surface area (Å²) in [5.41, 5.74) is 0.907. The van der Waals surface area contributed by atoms with E-state index >= 15 is 0 Å². The molecule has 3 heterocycles. The molecular formula is C13H10N2O3S2. The number of esters is 1. The van der Waals surface area contributed by atoms with Crippen molar-refractivity contribution in [2.75, 3.05) is 0 Å². The Morgan fingerprint density at radius 2 is 2.25 bits per heavy atom. The Hall–Kier alpha value is -1.99. The van der Waals surface area contributed by atoms with Crippen LogP contribution >= 0.6 is 22.7 Å². The molecule has 0 N–H and O–H groups in total. The summed E-state index contributed by atoms with van der Waals surface area (Å²) in [5.74, 6) is 0.433. The number of carbonyl (C=O) groups excluding carboxylic acids is 1. The molecule has 0 saturated carbocycles. The van der Waals surface area contributed by atoms with Gasteiger partial charge in [0, 0.05) is 0 Å². The van der Waals surface area contributed by atoms with Crippen LogP contribution in [0.5, 0.6) is 0 Å². The molecule has 3 aromatic rings. The topological polar surface area (TPSA) is 65.2 Å². The SMILES string of the molecule is Cc1ccsc1C(=O)OCc1nc(-c2cccs2)no1. The van der Waals surface area contributed by atoms with Crippen molar-refractivity contribution in [3.8, 4) is 10.7 Å². The summed E-state index contributed by atoms with van der Waals surface area (Å²) in [4.78, 5) is 17.5. The first-order valence-electron chi connectivity index (χ1n) is 5.81. The summed E-state index contributed by atoms with van der Waals surface area (Å²) in [6.07, 6.45) is 0. The van der Waals surface area contributed by atoms with E-state index in [1.807, 2.05) is 35.9 Å². The number of ether oxygens (including phenoxy) is 1. The molecule has 0 aromatic carbocycles. The zero-order chi connectivity index (χ0) is 13.9. The third-order valence-corrected chi connectivity index (χ3v) is 4.45. The average Bonchev–Trinajstić information content (AvgIpc) is 3.16. The monoisotopic (exact) mass is 306 g/mol. The molecule has 20 heavy (non-hydrogen) atoms. The second-order valence-corrected chi connectivity index (χ2v) is 5.86. The maximum Gasteiger partial charge on any atom is 0.349 e. The van der Waals surface area contributed by atoms with Crippen molar-refractivity contribution in [3.05, 3.63) is 45.3 Å². The normalized spacial score (nSPS) is 10.7. The van der Waals surface area contributed by atoms with Crippen molar-refractivity contribution in [2.45, 2.75) is 13.5 Å². The molecule has 0 aliphatic carbocycles. The predicted octanol–water partition coefficient (Wildman–Crippen LogP) is 3.53. The van der Waals surface area contributed by atoms with E-state index in [9.17, 15) is 4.79 Å². The zero-order valence-corrected chi connectivity index (χ0v) is 12.2. The number of nitrogens with zero attached hydrogens (tertiary/aromatic N) is 2. The van der Waals surface area contributed by atoms with Gasteiger partial charge in [-0.15, -0.1) is 22.7 Å². The van der Waals surface area contributed by atoms with Gasteiger partial charge in [-0.05, 0) is 35.4 Å². The van der Waals surface area contributed by atoms with Crippen LogP contribution in [0.3, 0.4) is 0 Å². The Morgan fingerprint density at radius 3 is 2.95 bits per heavy atom. The Kier molecular flexibility index (Phi) is 3.62. The van der Waals surface area contributed by atoms with Gasteiger partial charge < -0.3 is 9.26 Å². The maximum atomic E-state index is 11.8. The van der Waals surface area contributed by atoms with Gasteiger partial charge in [-0.1, -0.05) is 11.2 Å². The molecule has 0 fully saturated rings. The quantitative estimate of drug-likeness (QED) is 0.690. The minimum absolute atomic E-state index is 0.0193. The van der Waals surface area contributed by atoms with Gasteiger partial charge in [-0.2, -0.15) is 4.98 Å². The number of carbonyl (C=O) groups is 1. The van der Waals surface area contributed by atoms with Crippen molar-refractivity contribution in [1.82, 2.24) is 10.1 Å². The summed E-state index contributed by atoms with van der Waals surface area (Å²) in [7, 11) is 0. The highest BCUT2D eigenvalue weighted by molar-refractivity contribution is 7.13. The number of aromatic nitrogens is 2. The number of hydrogen-bond donors (Lipinski definition) is 0. The zero-order valence-electron chi connectivity index (χ0n) is 10.5. The van der Waals surface area contributed by atoms with Crippen molar-refractivity contribution in [2.24, 2.45) is 0 Å². The van der Waals surface area contributed by atoms with Crippen LogP contribution in [0.4, 0.5) is 0 Å². The van der Waals surface area contributed by atoms with Crippen molar-refractivity contribution in [3.63, 3.8) is 0 Å². The van der Waals surface area contributed by atoms with E-state index in [4.69, 9.17) is 9.26 Å². The van der Waals surface area contributed by atoms with Crippen LogP contribution in [0, 0.1) is 6.92 Å². The van der Waals surface area contributed by atoms with Crippen LogP contribution < -0.4 is 0 Å². The van der Waals surface area contributed by atoms with E-state index in [2.05, 4.69) is 10.1 Å². The number of hydrogen-bond acceptors (Lipinski definition) is 7. The lowest BCUT2D eigenvalue weighted by Crippen LogP contribution is -2.04. The van der Waals surface area contributed by atoms with E-state index in [0.29, 0.717) is 10.7 Å². The van der Waals surface area contributed by atoms with Gasteiger partial charge in [-0.25, -0.2) is 4.79 Å². The highest BCUT2D eigenvalue weighted by Gasteiger charge is 2.15. The molecule has 0 aliphatic heterocycles. The maximum absolute atomic E-state index is 11.8. The lowest BCUT2D eigenvalue weighted by molar-refractivity contribution is 0.0435. The number of thiophene rings is 2.